The van der Waals surface area contributed by atoms with Crippen LogP contribution in [-0.4, -0.2) is 188 Å². The number of epoxide rings is 1. The van der Waals surface area contributed by atoms with Gasteiger partial charge in [-0.15, -0.1) is 0 Å². The summed E-state index contributed by atoms with van der Waals surface area (Å²) in [6.07, 6.45) is 21.1. The van der Waals surface area contributed by atoms with Crippen LogP contribution in [0.2, 0.25) is 0 Å². The van der Waals surface area contributed by atoms with Gasteiger partial charge in [-0.05, 0) is 273 Å². The number of halogens is 1. The number of alkyl halides is 1. The summed E-state index contributed by atoms with van der Waals surface area (Å²) in [6, 6.07) is 0. The maximum atomic E-state index is 17.3. The summed E-state index contributed by atoms with van der Waals surface area (Å²) in [5.41, 5.74) is -3.70. The molecule has 5 aliphatic heterocycles. The zero-order chi connectivity index (χ0) is 84.3. The van der Waals surface area contributed by atoms with Crippen LogP contribution in [-0.2, 0) is 61.8 Å². The Bertz CT molecular complexity index is 4080. The van der Waals surface area contributed by atoms with E-state index in [1.165, 1.54) is 25.8 Å². The van der Waals surface area contributed by atoms with Gasteiger partial charge in [-0.1, -0.05) is 106 Å². The van der Waals surface area contributed by atoms with E-state index in [0.29, 0.717) is 86.4 Å². The van der Waals surface area contributed by atoms with Gasteiger partial charge in [0, 0.05) is 66.5 Å². The lowest BCUT2D eigenvalue weighted by atomic mass is 9.33. The van der Waals surface area contributed by atoms with Crippen molar-refractivity contribution in [2.45, 2.75) is 393 Å². The predicted molar refractivity (Wildman–Crippen MR) is 442 cm³/mol. The van der Waals surface area contributed by atoms with E-state index in [1.54, 1.807) is 37.8 Å². The number of aliphatic hydroxyl groups excluding tert-OH is 6. The van der Waals surface area contributed by atoms with Gasteiger partial charge in [-0.25, -0.2) is 9.18 Å². The van der Waals surface area contributed by atoms with Gasteiger partial charge in [0.1, 0.15) is 35.6 Å². The van der Waals surface area contributed by atoms with Crippen molar-refractivity contribution in [3.63, 3.8) is 0 Å². The maximum absolute atomic E-state index is 17.3. The number of ketones is 2. The minimum absolute atomic E-state index is 0. The molecule has 4 spiro atoms. The molecule has 0 bridgehead atoms. The van der Waals surface area contributed by atoms with Gasteiger partial charge in [0.2, 0.25) is 0 Å². The Kier molecular flexibility index (Phi) is 20.7. The zero-order valence-electron chi connectivity index (χ0n) is 73.5. The van der Waals surface area contributed by atoms with Crippen molar-refractivity contribution in [3.8, 4) is 0 Å². The second kappa shape index (κ2) is 28.3. The lowest BCUT2D eigenvalue weighted by Gasteiger charge is -2.71. The third-order valence-electron chi connectivity index (χ3n) is 40.1. The molecule has 0 aromatic carbocycles. The van der Waals surface area contributed by atoms with E-state index in [0.717, 1.165) is 101 Å². The number of methoxy groups -OCH3 is 1. The normalized spacial score (nSPS) is 56.8. The van der Waals surface area contributed by atoms with Crippen LogP contribution in [0, 0.1) is 119 Å². The number of fused-ring (bicyclic) bond motifs is 11. The number of hydrogen-bond acceptors (Lipinski definition) is 20. The average Bonchev–Trinajstić information content (AvgIpc) is 1.43. The van der Waals surface area contributed by atoms with Gasteiger partial charge in [0.15, 0.2) is 36.1 Å². The van der Waals surface area contributed by atoms with Crippen LogP contribution < -0.4 is 0 Å². The largest absolute Gasteiger partial charge is 0.469 e. The molecule has 21 heteroatoms. The molecule has 12 saturated carbocycles. The van der Waals surface area contributed by atoms with E-state index in [2.05, 4.69) is 75.3 Å². The summed E-state index contributed by atoms with van der Waals surface area (Å²) in [4.78, 5) is 49.8. The van der Waals surface area contributed by atoms with Crippen molar-refractivity contribution < 1.29 is 109 Å². The summed E-state index contributed by atoms with van der Waals surface area (Å²) in [7, 11) is 1.60. The van der Waals surface area contributed by atoms with Gasteiger partial charge in [0.25, 0.3) is 0 Å². The number of carbonyl (C=O) groups is 4. The summed E-state index contributed by atoms with van der Waals surface area (Å²) >= 11 is 0. The Morgan fingerprint density at radius 3 is 1.92 bits per heavy atom. The fraction of sp³-hybridized carbons (Fsp3) is 0.875. The molecular weight excluding hydrogens is 1490 g/mol. The first kappa shape index (κ1) is 85.8. The number of esters is 2. The molecule has 664 valence electrons. The molecule has 0 amide bonds. The van der Waals surface area contributed by atoms with Crippen LogP contribution in [0.1, 0.15) is 285 Å². The van der Waals surface area contributed by atoms with Crippen LogP contribution in [0.4, 0.5) is 4.39 Å². The Hall–Kier alpha value is -3.39. The Morgan fingerprint density at radius 1 is 0.590 bits per heavy atom. The summed E-state index contributed by atoms with van der Waals surface area (Å²) < 4.78 is 72.9. The minimum atomic E-state index is -1.92. The summed E-state index contributed by atoms with van der Waals surface area (Å²) in [5, 5.41) is 76.6. The molecule has 5 heterocycles. The maximum Gasteiger partial charge on any atom is 0.331 e. The number of aliphatic hydroxyl groups is 7. The van der Waals surface area contributed by atoms with Gasteiger partial charge in [-0.3, -0.25) is 14.4 Å². The van der Waals surface area contributed by atoms with Crippen LogP contribution >= 0.6 is 0 Å². The standard InChI is InChI=1S/C42H64O13.C31H50O3.C23H29FO4.5H2/c1-20-13-32(50-22(3)37(20)53-34-16-27(43)36(47)21(2)49-34)54-38-23(4)51-33(17-28(38)44)52-26-8-10-39(5)25(15-26)7-12-41-30(39)9-11-40(6)35(24-14-31(46)48-19-24)29(45)18-42(40,41)55-41;1-19-11-16-31(26(33)34-8)18-17-29(6)21(25(31)20(19)2)9-10-23-28(5)14-13-24(32)27(3,4)22(28)12-15-30(23,29)7;1-13-10-21-12-20(21)7-8-22(28,14(2)25)19(20,4)11-17(27)23(21,24)18(3)6-5-15(26)9-16(13)18;;;;;/h14,20-23,25-30,32-38,43-45,47H,7-13,15-19H2,1-6H3;9,19-20,22-25,32H,10-18H2,1-8H3;5-6,9,13,17,27-28H,7-8,10-12H2,1-4H3;5*1H/t20?,21?,22?,23?,25-,26?,27?,28?,29?,30?,32?,33?,34?,35?,36?,37+,38-,39+,40+,41?,42-;19-,20+,22+,23-,24+,25+,28+,29-,30-,31+;13-,17+,18+,19-,20-,21+,22+,23+;;;;;/m011...../s1. The smallest absolute Gasteiger partial charge is 0.331 e. The van der Waals surface area contributed by atoms with Crippen LogP contribution in [0.5, 0.6) is 0 Å². The fourth-order valence-electron chi connectivity index (χ4n) is 33.4. The first-order valence-corrected chi connectivity index (χ1v) is 46.0. The molecule has 0 radical (unpaired) electrons. The molecule has 0 aromatic rings. The average molecular weight is 1650 g/mol. The second-order valence-electron chi connectivity index (χ2n) is 44.8. The quantitative estimate of drug-likeness (QED) is 0.0488. The highest BCUT2D eigenvalue weighted by Gasteiger charge is 2.94. The first-order chi connectivity index (χ1) is 54.7. The molecule has 19 rings (SSSR count). The van der Waals surface area contributed by atoms with Crippen molar-refractivity contribution in [1.82, 2.24) is 0 Å². The molecule has 39 atom stereocenters. The number of ether oxygens (including phenoxy) is 9. The van der Waals surface area contributed by atoms with Crippen LogP contribution in [0.3, 0.4) is 0 Å². The molecule has 117 heavy (non-hydrogen) atoms. The van der Waals surface area contributed by atoms with Gasteiger partial charge in [-0.2, -0.15) is 0 Å². The number of rotatable bonds is 9. The van der Waals surface area contributed by atoms with Crippen molar-refractivity contribution in [2.24, 2.45) is 119 Å². The monoisotopic (exact) mass is 1650 g/mol. The van der Waals surface area contributed by atoms with E-state index in [9.17, 15) is 54.9 Å². The number of Topliss-reactive ketones (excluding diaryl/α,β-unsaturated/α-hetero) is 1. The number of allylic oxidation sites excluding steroid dienone is 6. The van der Waals surface area contributed by atoms with Crippen LogP contribution in [0.15, 0.2) is 47.1 Å². The highest BCUT2D eigenvalue weighted by atomic mass is 19.1. The number of cyclic esters (lactones) is 1. The molecule has 14 aliphatic carbocycles. The number of hydrogen-bond donors (Lipinski definition) is 7. The Labute approximate surface area is 701 Å². The Balaban J connectivity index is 0.000000175. The van der Waals surface area contributed by atoms with Crippen molar-refractivity contribution in [3.05, 3.63) is 47.1 Å². The molecule has 20 nitrogen and oxygen atoms in total. The fourth-order valence-corrected chi connectivity index (χ4v) is 33.4. The second-order valence-corrected chi connectivity index (χ2v) is 44.8. The molecular formula is C96H153FO20. The molecule has 0 aromatic heterocycles. The third-order valence-corrected chi connectivity index (χ3v) is 40.1. The summed E-state index contributed by atoms with van der Waals surface area (Å²) in [6.45, 7) is 37.0. The topological polar surface area (TPSA) is 296 Å². The molecule has 15 unspecified atom stereocenters. The summed E-state index contributed by atoms with van der Waals surface area (Å²) in [5.74, 6) is 2.87. The van der Waals surface area contributed by atoms with E-state index in [4.69, 9.17) is 42.6 Å². The molecule has 4 saturated heterocycles. The van der Waals surface area contributed by atoms with Gasteiger partial charge >= 0.3 is 11.9 Å². The highest BCUT2D eigenvalue weighted by molar-refractivity contribution is 6.01. The van der Waals surface area contributed by atoms with Gasteiger partial charge < -0.3 is 78.4 Å². The lowest BCUT2D eigenvalue weighted by molar-refractivity contribution is -0.330. The van der Waals surface area contributed by atoms with E-state index < -0.39 is 101 Å². The van der Waals surface area contributed by atoms with Crippen molar-refractivity contribution in [1.29, 1.82) is 0 Å². The van der Waals surface area contributed by atoms with E-state index in [1.807, 2.05) is 34.6 Å². The molecule has 16 fully saturated rings. The highest BCUT2D eigenvalue weighted by Crippen LogP contribution is 2.93. The van der Waals surface area contributed by atoms with Crippen molar-refractivity contribution >= 4 is 23.5 Å². The third kappa shape index (κ3) is 11.5. The van der Waals surface area contributed by atoms with Gasteiger partial charge in [0.05, 0.1) is 73.6 Å². The van der Waals surface area contributed by atoms with E-state index >= 15 is 4.39 Å². The predicted octanol–water partition coefficient (Wildman–Crippen LogP) is 15.1. The lowest BCUT2D eigenvalue weighted by Crippen LogP contribution is -2.69. The zero-order valence-corrected chi connectivity index (χ0v) is 73.5. The molecule has 7 N–H and O–H groups in total. The SMILES string of the molecule is CC(=O)[C@@]1(O)CC[C@]23C[C@@]24C[C@@H](C)C2=CC(=O)C=C[C@]2(C)[C@@]4(F)[C@@H](O)C[C@]31C.CC1OC(O[C@@H]2C(C)CC(O[C@@H]3C(O)CC(OC4CC[C@@]5(C)C6CC[C@]7(C)C(C8=CC(=O)OC8)C(O)C[C@]78OC68CC[C@H]5C4)OC3C)OC2C)CC(O)C1O.COC(=O)[C@]12CC[C@@H](C)[C@H](C)[C@H]1C1=CC[C@@H]3[C@@]4(C)CC[C@H](O)C(C)(C)[C@@H]4CC[C@@]3(C)[C@]1(C)CC2.[HH].[HH].[HH].[HH].[HH]. The van der Waals surface area contributed by atoms with Crippen LogP contribution in [0.25, 0.3) is 0 Å². The first-order valence-electron chi connectivity index (χ1n) is 46.0. The van der Waals surface area contributed by atoms with Crippen molar-refractivity contribution in [2.75, 3.05) is 13.7 Å². The Morgan fingerprint density at radius 2 is 1.25 bits per heavy atom. The minimum Gasteiger partial charge on any atom is -0.469 e. The number of carbonyl (C=O) groups excluding carboxylic acids is 4. The van der Waals surface area contributed by atoms with E-state index in [-0.39, 0.29) is 141 Å². The molecule has 19 aliphatic rings.